The van der Waals surface area contributed by atoms with E-state index in [2.05, 4.69) is 20.8 Å². The van der Waals surface area contributed by atoms with Gasteiger partial charge in [-0.05, 0) is 69.0 Å². The van der Waals surface area contributed by atoms with E-state index in [0.717, 1.165) is 16.8 Å². The lowest BCUT2D eigenvalue weighted by Crippen LogP contribution is -2.59. The number of aliphatic imine (C=N–C) groups is 1. The zero-order valence-corrected chi connectivity index (χ0v) is 33.0. The first-order valence-electron chi connectivity index (χ1n) is 17.8. The molecule has 52 heavy (non-hydrogen) atoms. The van der Waals surface area contributed by atoms with Gasteiger partial charge in [-0.25, -0.2) is 13.2 Å². The standard InChI is InChI=1S/C39H47Cl2N5O5S/c1-7-51-32-24-33(37(2,3)4)42-25-31(32)34-43-38(5,27-8-12-29(40)13-9-27)39(6,28-10-14-30(41)15-11-28)46(34)36(48)45-18-16-26(17-19-45)35(47)44-20-22-52(49,50)23-21-44/h8-15,24-26H,7,16-23H2,1-6H3/t38-,39+/m0/s1. The van der Waals surface area contributed by atoms with E-state index in [1.54, 1.807) is 20.9 Å². The molecule has 0 spiro atoms. The average molecular weight is 769 g/mol. The van der Waals surface area contributed by atoms with Crippen LogP contribution in [-0.2, 0) is 31.1 Å². The van der Waals surface area contributed by atoms with Crippen LogP contribution in [0.1, 0.15) is 76.8 Å². The van der Waals surface area contributed by atoms with Crippen LogP contribution in [0.2, 0.25) is 10.0 Å². The molecule has 0 unspecified atom stereocenters. The van der Waals surface area contributed by atoms with E-state index in [-0.39, 0.29) is 47.9 Å². The smallest absolute Gasteiger partial charge is 0.326 e. The Labute approximate surface area is 317 Å². The number of ether oxygens (including phenoxy) is 1. The molecule has 2 atom stereocenters. The Balaban J connectivity index is 1.44. The summed E-state index contributed by atoms with van der Waals surface area (Å²) in [4.78, 5) is 44.3. The van der Waals surface area contributed by atoms with Crippen molar-refractivity contribution in [3.63, 3.8) is 0 Å². The van der Waals surface area contributed by atoms with Crippen LogP contribution >= 0.6 is 23.2 Å². The summed E-state index contributed by atoms with van der Waals surface area (Å²) >= 11 is 12.8. The number of sulfone groups is 1. The first-order chi connectivity index (χ1) is 24.5. The van der Waals surface area contributed by atoms with Crippen LogP contribution in [0, 0.1) is 5.92 Å². The fourth-order valence-electron chi connectivity index (χ4n) is 7.51. The van der Waals surface area contributed by atoms with E-state index in [1.165, 1.54) is 0 Å². The van der Waals surface area contributed by atoms with E-state index in [9.17, 15) is 13.2 Å². The highest BCUT2D eigenvalue weighted by molar-refractivity contribution is 7.91. The lowest BCUT2D eigenvalue weighted by atomic mass is 9.71. The number of amidine groups is 1. The number of pyridine rings is 1. The number of hydrogen-bond donors (Lipinski definition) is 0. The van der Waals surface area contributed by atoms with Gasteiger partial charge in [0, 0.05) is 65.5 Å². The number of likely N-dealkylation sites (tertiary alicyclic amines) is 1. The number of carbonyl (C=O) groups excluding carboxylic acids is 2. The molecule has 0 N–H and O–H groups in total. The number of carbonyl (C=O) groups is 2. The van der Waals surface area contributed by atoms with Crippen LogP contribution < -0.4 is 4.74 Å². The van der Waals surface area contributed by atoms with Crippen molar-refractivity contribution < 1.29 is 22.7 Å². The average Bonchev–Trinajstić information content (AvgIpc) is 3.35. The maximum absolute atomic E-state index is 15.3. The van der Waals surface area contributed by atoms with Crippen LogP contribution in [0.3, 0.4) is 0 Å². The van der Waals surface area contributed by atoms with Crippen LogP contribution in [0.4, 0.5) is 4.79 Å². The molecule has 10 nitrogen and oxygen atoms in total. The molecule has 3 aliphatic heterocycles. The van der Waals surface area contributed by atoms with Crippen LogP contribution in [0.25, 0.3) is 0 Å². The van der Waals surface area contributed by atoms with Gasteiger partial charge in [0.15, 0.2) is 9.84 Å². The van der Waals surface area contributed by atoms with Gasteiger partial charge in [-0.2, -0.15) is 0 Å². The first-order valence-corrected chi connectivity index (χ1v) is 20.4. The minimum absolute atomic E-state index is 0.0157. The fourth-order valence-corrected chi connectivity index (χ4v) is 8.96. The highest BCUT2D eigenvalue weighted by Gasteiger charge is 2.60. The first kappa shape index (κ1) is 38.1. The number of amides is 3. The number of nitrogens with zero attached hydrogens (tertiary/aromatic N) is 5. The Bertz CT molecular complexity index is 1960. The predicted molar refractivity (Wildman–Crippen MR) is 205 cm³/mol. The predicted octanol–water partition coefficient (Wildman–Crippen LogP) is 7.07. The minimum atomic E-state index is -3.11. The van der Waals surface area contributed by atoms with Gasteiger partial charge in [0.2, 0.25) is 5.91 Å². The molecule has 3 amide bonds. The van der Waals surface area contributed by atoms with Gasteiger partial charge in [0.25, 0.3) is 0 Å². The van der Waals surface area contributed by atoms with E-state index in [0.29, 0.717) is 59.7 Å². The Hall–Kier alpha value is -3.67. The molecule has 3 aliphatic rings. The SMILES string of the molecule is CCOc1cc(C(C)(C)C)ncc1C1=N[C@@](C)(c2ccc(Cl)cc2)[C@@](C)(c2ccc(Cl)cc2)N1C(=O)N1CCC(C(=O)N2CCS(=O)(=O)CC2)CC1. The molecule has 3 aromatic rings. The quantitative estimate of drug-likeness (QED) is 0.266. The van der Waals surface area contributed by atoms with Gasteiger partial charge in [0.1, 0.15) is 22.7 Å². The molecule has 2 fully saturated rings. The number of aromatic nitrogens is 1. The summed E-state index contributed by atoms with van der Waals surface area (Å²) in [6.07, 6.45) is 2.68. The Kier molecular flexibility index (Phi) is 10.5. The second-order valence-electron chi connectivity index (χ2n) is 15.2. The lowest BCUT2D eigenvalue weighted by molar-refractivity contribution is -0.136. The van der Waals surface area contributed by atoms with Crippen LogP contribution in [0.5, 0.6) is 5.75 Å². The zero-order chi connectivity index (χ0) is 37.6. The summed E-state index contributed by atoms with van der Waals surface area (Å²) in [6.45, 7) is 13.7. The summed E-state index contributed by atoms with van der Waals surface area (Å²) < 4.78 is 30.2. The van der Waals surface area contributed by atoms with Crippen molar-refractivity contribution in [3.05, 3.63) is 93.2 Å². The van der Waals surface area contributed by atoms with Crippen molar-refractivity contribution in [2.45, 2.75) is 70.9 Å². The number of rotatable bonds is 6. The molecule has 2 aromatic carbocycles. The highest BCUT2D eigenvalue weighted by Crippen LogP contribution is 2.54. The Morgan fingerprint density at radius 2 is 1.44 bits per heavy atom. The van der Waals surface area contributed by atoms with Gasteiger partial charge < -0.3 is 14.5 Å². The van der Waals surface area contributed by atoms with E-state index >= 15 is 4.79 Å². The molecule has 0 aliphatic carbocycles. The summed E-state index contributed by atoms with van der Waals surface area (Å²) in [5.41, 5.74) is 0.746. The molecule has 13 heteroatoms. The minimum Gasteiger partial charge on any atom is -0.493 e. The van der Waals surface area contributed by atoms with E-state index in [1.807, 2.05) is 75.4 Å². The fraction of sp³-hybridized carbons (Fsp3) is 0.487. The van der Waals surface area contributed by atoms with Gasteiger partial charge >= 0.3 is 6.03 Å². The normalized spacial score (nSPS) is 23.8. The van der Waals surface area contributed by atoms with Crippen molar-refractivity contribution in [2.75, 3.05) is 44.3 Å². The molecular formula is C39H47Cl2N5O5S. The van der Waals surface area contributed by atoms with Gasteiger partial charge in [0.05, 0.1) is 23.7 Å². The topological polar surface area (TPSA) is 112 Å². The largest absolute Gasteiger partial charge is 0.493 e. The van der Waals surface area contributed by atoms with Crippen molar-refractivity contribution >= 4 is 50.8 Å². The zero-order valence-electron chi connectivity index (χ0n) is 30.7. The molecule has 278 valence electrons. The van der Waals surface area contributed by atoms with Gasteiger partial charge in [-0.1, -0.05) is 68.2 Å². The Morgan fingerprint density at radius 1 is 0.885 bits per heavy atom. The molecule has 1 aromatic heterocycles. The van der Waals surface area contributed by atoms with Crippen molar-refractivity contribution in [3.8, 4) is 5.75 Å². The molecule has 0 bridgehead atoms. The molecule has 6 rings (SSSR count). The number of hydrogen-bond acceptors (Lipinski definition) is 7. The lowest BCUT2D eigenvalue weighted by Gasteiger charge is -2.47. The van der Waals surface area contributed by atoms with Crippen LogP contribution in [0.15, 0.2) is 65.8 Å². The van der Waals surface area contributed by atoms with E-state index in [4.69, 9.17) is 37.9 Å². The second-order valence-corrected chi connectivity index (χ2v) is 18.4. The van der Waals surface area contributed by atoms with Gasteiger partial charge in [-0.3, -0.25) is 19.7 Å². The molecule has 4 heterocycles. The Morgan fingerprint density at radius 3 is 1.98 bits per heavy atom. The van der Waals surface area contributed by atoms with E-state index < -0.39 is 20.9 Å². The van der Waals surface area contributed by atoms with Crippen molar-refractivity contribution in [2.24, 2.45) is 10.9 Å². The van der Waals surface area contributed by atoms with Gasteiger partial charge in [-0.15, -0.1) is 0 Å². The summed E-state index contributed by atoms with van der Waals surface area (Å²) in [6, 6.07) is 16.7. The summed E-state index contributed by atoms with van der Waals surface area (Å²) in [5.74, 6) is 0.626. The van der Waals surface area contributed by atoms with Crippen molar-refractivity contribution in [1.29, 1.82) is 0 Å². The molecular weight excluding hydrogens is 721 g/mol. The monoisotopic (exact) mass is 767 g/mol. The maximum atomic E-state index is 15.3. The maximum Gasteiger partial charge on any atom is 0.326 e. The van der Waals surface area contributed by atoms with Crippen molar-refractivity contribution in [1.82, 2.24) is 19.7 Å². The third-order valence-electron chi connectivity index (χ3n) is 10.9. The summed E-state index contributed by atoms with van der Waals surface area (Å²) in [7, 11) is -3.11. The summed E-state index contributed by atoms with van der Waals surface area (Å²) in [5, 5.41) is 1.15. The number of urea groups is 1. The molecule has 2 saturated heterocycles. The number of halogens is 2. The third-order valence-corrected chi connectivity index (χ3v) is 13.0. The van der Waals surface area contributed by atoms with Crippen LogP contribution in [-0.4, -0.2) is 90.2 Å². The third kappa shape index (κ3) is 7.03. The molecule has 0 saturated carbocycles. The number of piperidine rings is 1. The number of benzene rings is 2. The second kappa shape index (κ2) is 14.3. The molecule has 0 radical (unpaired) electrons. The highest BCUT2D eigenvalue weighted by atomic mass is 35.5.